The second-order valence-corrected chi connectivity index (χ2v) is 6.59. The summed E-state index contributed by atoms with van der Waals surface area (Å²) in [6.45, 7) is 3.01. The first-order valence-corrected chi connectivity index (χ1v) is 8.55. The van der Waals surface area contributed by atoms with E-state index in [1.165, 1.54) is 18.2 Å². The molecule has 1 atom stereocenters. The quantitative estimate of drug-likeness (QED) is 0.563. The lowest BCUT2D eigenvalue weighted by Gasteiger charge is -2.14. The van der Waals surface area contributed by atoms with Crippen molar-refractivity contribution in [3.05, 3.63) is 40.3 Å². The molecule has 1 fully saturated rings. The number of benzene rings is 1. The van der Waals surface area contributed by atoms with Crippen LogP contribution in [0.4, 0.5) is 18.0 Å². The van der Waals surface area contributed by atoms with E-state index in [4.69, 9.17) is 4.74 Å². The third-order valence-corrected chi connectivity index (χ3v) is 4.51. The van der Waals surface area contributed by atoms with Crippen molar-refractivity contribution in [2.45, 2.75) is 32.5 Å². The molecule has 5 nitrogen and oxygen atoms in total. The molecule has 1 aliphatic heterocycles. The fourth-order valence-corrected chi connectivity index (χ4v) is 2.87. The van der Waals surface area contributed by atoms with Crippen molar-refractivity contribution in [3.63, 3.8) is 0 Å². The van der Waals surface area contributed by atoms with Crippen molar-refractivity contribution in [1.29, 1.82) is 0 Å². The number of hydrogen-bond acceptors (Lipinski definition) is 5. The number of esters is 1. The summed E-state index contributed by atoms with van der Waals surface area (Å²) in [6, 6.07) is 4.18. The Hall–Kier alpha value is -2.29. The SMILES string of the molecule is CC[C@@H](C)OC(=O)CN1C(=O)S/C(=C\c2ccc(C(F)(F)F)cc2)C1=O. The summed E-state index contributed by atoms with van der Waals surface area (Å²) in [4.78, 5) is 36.7. The minimum absolute atomic E-state index is 0.0334. The van der Waals surface area contributed by atoms with Gasteiger partial charge in [-0.2, -0.15) is 13.2 Å². The molecule has 0 N–H and O–H groups in total. The van der Waals surface area contributed by atoms with Crippen LogP contribution in [0, 0.1) is 0 Å². The molecule has 26 heavy (non-hydrogen) atoms. The Kier molecular flexibility index (Phi) is 6.12. The van der Waals surface area contributed by atoms with Crippen molar-refractivity contribution in [1.82, 2.24) is 4.90 Å². The minimum Gasteiger partial charge on any atom is -0.461 e. The summed E-state index contributed by atoms with van der Waals surface area (Å²) < 4.78 is 42.7. The van der Waals surface area contributed by atoms with Gasteiger partial charge in [0, 0.05) is 0 Å². The van der Waals surface area contributed by atoms with Crippen molar-refractivity contribution >= 4 is 35.0 Å². The second-order valence-electron chi connectivity index (χ2n) is 5.60. The second kappa shape index (κ2) is 7.94. The van der Waals surface area contributed by atoms with Gasteiger partial charge in [0.25, 0.3) is 11.1 Å². The topological polar surface area (TPSA) is 63.7 Å². The van der Waals surface area contributed by atoms with Crippen LogP contribution in [0.5, 0.6) is 0 Å². The Morgan fingerprint density at radius 2 is 1.88 bits per heavy atom. The summed E-state index contributed by atoms with van der Waals surface area (Å²) in [6.07, 6.45) is -2.87. The Balaban J connectivity index is 2.10. The first kappa shape index (κ1) is 20.0. The summed E-state index contributed by atoms with van der Waals surface area (Å²) in [5.41, 5.74) is -0.471. The number of carbonyl (C=O) groups excluding carboxylic acids is 3. The predicted molar refractivity (Wildman–Crippen MR) is 90.0 cm³/mol. The number of hydrogen-bond donors (Lipinski definition) is 0. The molecule has 9 heteroatoms. The van der Waals surface area contributed by atoms with Gasteiger partial charge < -0.3 is 4.74 Å². The third-order valence-electron chi connectivity index (χ3n) is 3.60. The highest BCUT2D eigenvalue weighted by atomic mass is 32.2. The first-order chi connectivity index (χ1) is 12.1. The van der Waals surface area contributed by atoms with Crippen LogP contribution in [-0.2, 0) is 20.5 Å². The fourth-order valence-electron chi connectivity index (χ4n) is 2.03. The highest BCUT2D eigenvalue weighted by Gasteiger charge is 2.37. The maximum atomic E-state index is 12.6. The summed E-state index contributed by atoms with van der Waals surface area (Å²) in [5, 5.41) is -0.630. The van der Waals surface area contributed by atoms with Gasteiger partial charge >= 0.3 is 12.1 Å². The smallest absolute Gasteiger partial charge is 0.416 e. The molecule has 2 amide bonds. The zero-order valence-corrected chi connectivity index (χ0v) is 14.8. The molecule has 2 rings (SSSR count). The molecule has 0 radical (unpaired) electrons. The monoisotopic (exact) mass is 387 g/mol. The summed E-state index contributed by atoms with van der Waals surface area (Å²) in [5.74, 6) is -1.38. The molecule has 1 aromatic carbocycles. The first-order valence-electron chi connectivity index (χ1n) is 7.74. The number of ether oxygens (including phenoxy) is 1. The van der Waals surface area contributed by atoms with Gasteiger partial charge in [0.15, 0.2) is 0 Å². The largest absolute Gasteiger partial charge is 0.461 e. The normalized spacial score (nSPS) is 17.7. The Morgan fingerprint density at radius 1 is 1.27 bits per heavy atom. The zero-order chi connectivity index (χ0) is 19.5. The van der Waals surface area contributed by atoms with Crippen LogP contribution in [0.1, 0.15) is 31.4 Å². The maximum Gasteiger partial charge on any atom is 0.416 e. The van der Waals surface area contributed by atoms with E-state index in [1.807, 2.05) is 6.92 Å². The van der Waals surface area contributed by atoms with E-state index in [2.05, 4.69) is 0 Å². The molecule has 0 aromatic heterocycles. The van der Waals surface area contributed by atoms with Crippen LogP contribution < -0.4 is 0 Å². The van der Waals surface area contributed by atoms with Crippen LogP contribution in [0.15, 0.2) is 29.2 Å². The molecule has 0 aliphatic carbocycles. The Morgan fingerprint density at radius 3 is 2.42 bits per heavy atom. The molecule has 140 valence electrons. The molecule has 0 bridgehead atoms. The maximum absolute atomic E-state index is 12.6. The van der Waals surface area contributed by atoms with E-state index < -0.39 is 35.4 Å². The summed E-state index contributed by atoms with van der Waals surface area (Å²) >= 11 is 0.622. The average molecular weight is 387 g/mol. The molecular weight excluding hydrogens is 371 g/mol. The van der Waals surface area contributed by atoms with Gasteiger partial charge in [-0.1, -0.05) is 19.1 Å². The van der Waals surface area contributed by atoms with E-state index in [1.54, 1.807) is 6.92 Å². The van der Waals surface area contributed by atoms with Gasteiger partial charge in [0.1, 0.15) is 6.54 Å². The van der Waals surface area contributed by atoms with Crippen molar-refractivity contribution in [3.8, 4) is 0 Å². The zero-order valence-electron chi connectivity index (χ0n) is 14.0. The van der Waals surface area contributed by atoms with Gasteiger partial charge in [-0.05, 0) is 48.9 Å². The van der Waals surface area contributed by atoms with Gasteiger partial charge in [0.2, 0.25) is 0 Å². The van der Waals surface area contributed by atoms with Crippen LogP contribution in [-0.4, -0.2) is 34.7 Å². The lowest BCUT2D eigenvalue weighted by molar-refractivity contribution is -0.150. The number of thioether (sulfide) groups is 1. The molecule has 1 aliphatic rings. The van der Waals surface area contributed by atoms with Crippen LogP contribution in [0.3, 0.4) is 0 Å². The van der Waals surface area contributed by atoms with E-state index in [0.29, 0.717) is 23.7 Å². The molecule has 1 heterocycles. The molecular formula is C17H16F3NO4S. The van der Waals surface area contributed by atoms with Crippen molar-refractivity contribution in [2.24, 2.45) is 0 Å². The van der Waals surface area contributed by atoms with E-state index in [9.17, 15) is 27.6 Å². The lowest BCUT2D eigenvalue weighted by Crippen LogP contribution is -2.35. The van der Waals surface area contributed by atoms with Gasteiger partial charge in [-0.15, -0.1) is 0 Å². The average Bonchev–Trinajstić information content (AvgIpc) is 2.82. The highest BCUT2D eigenvalue weighted by Crippen LogP contribution is 2.33. The number of rotatable bonds is 5. The fraction of sp³-hybridized carbons (Fsp3) is 0.353. The van der Waals surface area contributed by atoms with Crippen LogP contribution >= 0.6 is 11.8 Å². The number of halogens is 3. The van der Waals surface area contributed by atoms with Crippen LogP contribution in [0.2, 0.25) is 0 Å². The standard InChI is InChI=1S/C17H16F3NO4S/c1-3-10(2)25-14(22)9-21-15(23)13(26-16(21)24)8-11-4-6-12(7-5-11)17(18,19)20/h4-8,10H,3,9H2,1-2H3/b13-8-/t10-/m1/s1. The number of nitrogens with zero attached hydrogens (tertiary/aromatic N) is 1. The Bertz CT molecular complexity index is 743. The molecule has 0 spiro atoms. The van der Waals surface area contributed by atoms with Crippen molar-refractivity contribution < 1.29 is 32.3 Å². The number of alkyl halides is 3. The number of imide groups is 1. The van der Waals surface area contributed by atoms with Gasteiger partial charge in [-0.25, -0.2) is 0 Å². The van der Waals surface area contributed by atoms with E-state index >= 15 is 0 Å². The minimum atomic E-state index is -4.45. The molecule has 0 saturated carbocycles. The van der Waals surface area contributed by atoms with Gasteiger partial charge in [-0.3, -0.25) is 19.3 Å². The van der Waals surface area contributed by atoms with E-state index in [0.717, 1.165) is 17.0 Å². The molecule has 0 unspecified atom stereocenters. The summed E-state index contributed by atoms with van der Waals surface area (Å²) in [7, 11) is 0. The lowest BCUT2D eigenvalue weighted by atomic mass is 10.1. The van der Waals surface area contributed by atoms with E-state index in [-0.39, 0.29) is 11.0 Å². The van der Waals surface area contributed by atoms with Gasteiger partial charge in [0.05, 0.1) is 16.6 Å². The molecule has 1 saturated heterocycles. The van der Waals surface area contributed by atoms with Crippen molar-refractivity contribution in [2.75, 3.05) is 6.54 Å². The predicted octanol–water partition coefficient (Wildman–Crippen LogP) is 4.08. The highest BCUT2D eigenvalue weighted by molar-refractivity contribution is 8.18. The Labute approximate surface area is 152 Å². The number of amides is 2. The third kappa shape index (κ3) is 4.87. The van der Waals surface area contributed by atoms with Crippen LogP contribution in [0.25, 0.3) is 6.08 Å². The number of carbonyl (C=O) groups is 3. The molecule has 1 aromatic rings.